The van der Waals surface area contributed by atoms with Crippen LogP contribution in [0.25, 0.3) is 0 Å². The van der Waals surface area contributed by atoms with E-state index in [0.29, 0.717) is 12.0 Å². The minimum absolute atomic E-state index is 0.306. The Bertz CT molecular complexity index is 478. The van der Waals surface area contributed by atoms with Gasteiger partial charge in [-0.15, -0.1) is 0 Å². The summed E-state index contributed by atoms with van der Waals surface area (Å²) in [6.45, 7) is 3.26. The molecule has 4 nitrogen and oxygen atoms in total. The molecule has 0 aliphatic rings. The third kappa shape index (κ3) is 2.85. The van der Waals surface area contributed by atoms with E-state index in [4.69, 9.17) is 5.11 Å². The van der Waals surface area contributed by atoms with E-state index in [-0.39, 0.29) is 0 Å². The third-order valence-electron chi connectivity index (χ3n) is 2.79. The Morgan fingerprint density at radius 2 is 1.82 bits per heavy atom. The standard InChI is InChI=1S/C12H16O4S/c1-3-9(2)17(15,16)11(12(13)14)10-7-5-4-6-8-10/h4-9,11H,3H2,1-2H3,(H,13,14). The van der Waals surface area contributed by atoms with Gasteiger partial charge in [-0.05, 0) is 18.9 Å². The van der Waals surface area contributed by atoms with E-state index in [9.17, 15) is 13.2 Å². The molecule has 0 amide bonds. The monoisotopic (exact) mass is 256 g/mol. The zero-order valence-electron chi connectivity index (χ0n) is 9.83. The second-order valence-electron chi connectivity index (χ2n) is 3.94. The summed E-state index contributed by atoms with van der Waals surface area (Å²) in [6, 6.07) is 8.05. The third-order valence-corrected chi connectivity index (χ3v) is 5.38. The van der Waals surface area contributed by atoms with Crippen molar-refractivity contribution < 1.29 is 18.3 Å². The smallest absolute Gasteiger partial charge is 0.326 e. The highest BCUT2D eigenvalue weighted by molar-refractivity contribution is 7.92. The summed E-state index contributed by atoms with van der Waals surface area (Å²) >= 11 is 0. The molecule has 0 radical (unpaired) electrons. The summed E-state index contributed by atoms with van der Waals surface area (Å²) in [5.41, 5.74) is 0.306. The fraction of sp³-hybridized carbons (Fsp3) is 0.417. The molecule has 0 spiro atoms. The molecule has 1 aromatic carbocycles. The Labute approximate surface area is 101 Å². The van der Waals surface area contributed by atoms with Gasteiger partial charge < -0.3 is 5.11 Å². The molecule has 1 rings (SSSR count). The van der Waals surface area contributed by atoms with Gasteiger partial charge in [-0.1, -0.05) is 37.3 Å². The van der Waals surface area contributed by atoms with Gasteiger partial charge in [0.1, 0.15) is 0 Å². The lowest BCUT2D eigenvalue weighted by Gasteiger charge is -2.18. The Kier molecular flexibility index (Phi) is 4.28. The molecule has 5 heteroatoms. The van der Waals surface area contributed by atoms with Gasteiger partial charge in [-0.3, -0.25) is 4.79 Å². The van der Waals surface area contributed by atoms with Crippen molar-refractivity contribution in [3.63, 3.8) is 0 Å². The quantitative estimate of drug-likeness (QED) is 0.875. The lowest BCUT2D eigenvalue weighted by atomic mass is 10.1. The van der Waals surface area contributed by atoms with Crippen molar-refractivity contribution in [2.75, 3.05) is 0 Å². The predicted octanol–water partition coefficient (Wildman–Crippen LogP) is 2.03. The highest BCUT2D eigenvalue weighted by Gasteiger charge is 2.37. The van der Waals surface area contributed by atoms with Crippen molar-refractivity contribution in [3.05, 3.63) is 35.9 Å². The summed E-state index contributed by atoms with van der Waals surface area (Å²) < 4.78 is 24.2. The maximum atomic E-state index is 12.1. The molecule has 1 aromatic rings. The largest absolute Gasteiger partial charge is 0.480 e. The van der Waals surface area contributed by atoms with Gasteiger partial charge in [0.25, 0.3) is 0 Å². The van der Waals surface area contributed by atoms with Crippen LogP contribution in [0.4, 0.5) is 0 Å². The molecule has 0 saturated heterocycles. The van der Waals surface area contributed by atoms with E-state index in [0.717, 1.165) is 0 Å². The highest BCUT2D eigenvalue weighted by atomic mass is 32.2. The first kappa shape index (κ1) is 13.7. The van der Waals surface area contributed by atoms with Crippen LogP contribution < -0.4 is 0 Å². The number of benzene rings is 1. The Hall–Kier alpha value is -1.36. The van der Waals surface area contributed by atoms with Gasteiger partial charge in [0.05, 0.1) is 5.25 Å². The van der Waals surface area contributed by atoms with Crippen LogP contribution in [-0.2, 0) is 14.6 Å². The van der Waals surface area contributed by atoms with E-state index in [1.54, 1.807) is 25.1 Å². The molecule has 0 saturated carbocycles. The lowest BCUT2D eigenvalue weighted by molar-refractivity contribution is -0.136. The van der Waals surface area contributed by atoms with Gasteiger partial charge >= 0.3 is 5.97 Å². The number of aliphatic carboxylic acids is 1. The zero-order valence-corrected chi connectivity index (χ0v) is 10.6. The van der Waals surface area contributed by atoms with Crippen LogP contribution in [0.2, 0.25) is 0 Å². The first-order valence-corrected chi connectivity index (χ1v) is 7.02. The van der Waals surface area contributed by atoms with Gasteiger partial charge in [0.2, 0.25) is 0 Å². The van der Waals surface area contributed by atoms with Crippen LogP contribution >= 0.6 is 0 Å². The first-order chi connectivity index (χ1) is 7.91. The average molecular weight is 256 g/mol. The van der Waals surface area contributed by atoms with Crippen molar-refractivity contribution in [1.82, 2.24) is 0 Å². The van der Waals surface area contributed by atoms with Crippen LogP contribution in [0.15, 0.2) is 30.3 Å². The summed E-state index contributed by atoms with van der Waals surface area (Å²) in [5, 5.41) is 6.99. The molecule has 1 N–H and O–H groups in total. The minimum atomic E-state index is -3.70. The van der Waals surface area contributed by atoms with Crippen molar-refractivity contribution in [3.8, 4) is 0 Å². The number of rotatable bonds is 5. The molecule has 0 aliphatic carbocycles. The second-order valence-corrected chi connectivity index (χ2v) is 6.39. The summed E-state index contributed by atoms with van der Waals surface area (Å²) in [4.78, 5) is 11.2. The molecule has 2 unspecified atom stereocenters. The Morgan fingerprint density at radius 1 is 1.29 bits per heavy atom. The molecule has 0 bridgehead atoms. The first-order valence-electron chi connectivity index (χ1n) is 5.41. The molecule has 0 fully saturated rings. The van der Waals surface area contributed by atoms with Gasteiger partial charge in [-0.2, -0.15) is 0 Å². The van der Waals surface area contributed by atoms with Crippen LogP contribution in [0.5, 0.6) is 0 Å². The average Bonchev–Trinajstić information content (AvgIpc) is 2.28. The molecular formula is C12H16O4S. The van der Waals surface area contributed by atoms with Gasteiger partial charge in [0.15, 0.2) is 15.1 Å². The molecule has 94 valence electrons. The molecule has 17 heavy (non-hydrogen) atoms. The van der Waals surface area contributed by atoms with E-state index in [1.165, 1.54) is 19.1 Å². The normalized spacial score (nSPS) is 15.2. The molecule has 0 aliphatic heterocycles. The SMILES string of the molecule is CCC(C)S(=O)(=O)C(C(=O)O)c1ccccc1. The maximum Gasteiger partial charge on any atom is 0.326 e. The van der Waals surface area contributed by atoms with E-state index < -0.39 is 26.3 Å². The van der Waals surface area contributed by atoms with E-state index >= 15 is 0 Å². The van der Waals surface area contributed by atoms with Gasteiger partial charge in [0, 0.05) is 0 Å². The Balaban J connectivity index is 3.25. The number of carbonyl (C=O) groups is 1. The van der Waals surface area contributed by atoms with Crippen molar-refractivity contribution in [2.24, 2.45) is 0 Å². The molecular weight excluding hydrogens is 240 g/mol. The van der Waals surface area contributed by atoms with Crippen molar-refractivity contribution in [1.29, 1.82) is 0 Å². The summed E-state index contributed by atoms with van der Waals surface area (Å²) in [6.07, 6.45) is 0.402. The zero-order chi connectivity index (χ0) is 13.1. The topological polar surface area (TPSA) is 71.4 Å². The number of hydrogen-bond donors (Lipinski definition) is 1. The fourth-order valence-electron chi connectivity index (χ4n) is 1.57. The summed E-state index contributed by atoms with van der Waals surface area (Å²) in [7, 11) is -3.70. The molecule has 0 aromatic heterocycles. The second kappa shape index (κ2) is 5.31. The van der Waals surface area contributed by atoms with Crippen molar-refractivity contribution >= 4 is 15.8 Å². The number of sulfone groups is 1. The van der Waals surface area contributed by atoms with Gasteiger partial charge in [-0.25, -0.2) is 8.42 Å². The number of hydrogen-bond acceptors (Lipinski definition) is 3. The van der Waals surface area contributed by atoms with Crippen LogP contribution in [0.3, 0.4) is 0 Å². The van der Waals surface area contributed by atoms with Crippen LogP contribution in [-0.4, -0.2) is 24.7 Å². The van der Waals surface area contributed by atoms with E-state index in [2.05, 4.69) is 0 Å². The minimum Gasteiger partial charge on any atom is -0.480 e. The molecule has 0 heterocycles. The number of carboxylic acids is 1. The fourth-order valence-corrected chi connectivity index (χ4v) is 3.31. The Morgan fingerprint density at radius 3 is 2.24 bits per heavy atom. The predicted molar refractivity (Wildman–Crippen MR) is 65.5 cm³/mol. The van der Waals surface area contributed by atoms with Crippen LogP contribution in [0.1, 0.15) is 31.1 Å². The lowest BCUT2D eigenvalue weighted by Crippen LogP contribution is -2.29. The van der Waals surface area contributed by atoms with Crippen molar-refractivity contribution in [2.45, 2.75) is 30.8 Å². The van der Waals surface area contributed by atoms with Crippen LogP contribution in [0, 0.1) is 0 Å². The summed E-state index contributed by atoms with van der Waals surface area (Å²) in [5.74, 6) is -1.32. The molecule has 2 atom stereocenters. The highest BCUT2D eigenvalue weighted by Crippen LogP contribution is 2.27. The van der Waals surface area contributed by atoms with E-state index in [1.807, 2.05) is 0 Å². The number of carboxylic acid groups (broad SMARTS) is 1. The maximum absolute atomic E-state index is 12.1.